The average Bonchev–Trinajstić information content (AvgIpc) is 3.55. The molecule has 3 unspecified atom stereocenters. The van der Waals surface area contributed by atoms with Crippen LogP contribution in [0.15, 0.2) is 54.7 Å². The van der Waals surface area contributed by atoms with Crippen LogP contribution in [0.5, 0.6) is 0 Å². The minimum Gasteiger partial charge on any atom is -0.387 e. The van der Waals surface area contributed by atoms with E-state index in [1.165, 1.54) is 4.90 Å². The lowest BCUT2D eigenvalue weighted by Crippen LogP contribution is -2.48. The second-order valence-electron chi connectivity index (χ2n) is 11.1. The minimum atomic E-state index is -1.19. The molecule has 0 radical (unpaired) electrons. The maximum atomic E-state index is 14.9. The molecule has 8 nitrogen and oxygen atoms in total. The van der Waals surface area contributed by atoms with E-state index in [1.807, 2.05) is 44.2 Å². The number of nitrogens with zero attached hydrogens (tertiary/aromatic N) is 3. The van der Waals surface area contributed by atoms with Crippen LogP contribution in [0.25, 0.3) is 11.3 Å². The van der Waals surface area contributed by atoms with Gasteiger partial charge in [-0.3, -0.25) is 9.59 Å². The zero-order chi connectivity index (χ0) is 29.6. The van der Waals surface area contributed by atoms with E-state index >= 15 is 0 Å². The first-order chi connectivity index (χ1) is 19.6. The fraction of sp³-hybridized carbons (Fsp3) is 0.433. The van der Waals surface area contributed by atoms with E-state index in [-0.39, 0.29) is 30.9 Å². The van der Waals surface area contributed by atoms with Crippen LogP contribution in [-0.4, -0.2) is 70.8 Å². The van der Waals surface area contributed by atoms with E-state index < -0.39 is 47.7 Å². The SMILES string of the molecule is CC(C)(CCNC=O)C(c1nc(-c2cc(F)ccc2F)cn1Cc1ccccc1)N(CC1CNCC1F)C(=O)CO. The summed E-state index contributed by atoms with van der Waals surface area (Å²) in [4.78, 5) is 30.6. The Labute approximate surface area is 237 Å². The number of carbonyl (C=O) groups excluding carboxylic acids is 2. The number of aromatic nitrogens is 2. The van der Waals surface area contributed by atoms with Crippen LogP contribution in [0, 0.1) is 23.0 Å². The second kappa shape index (κ2) is 13.3. The van der Waals surface area contributed by atoms with Crippen molar-refractivity contribution in [3.8, 4) is 11.3 Å². The van der Waals surface area contributed by atoms with Crippen LogP contribution in [0.4, 0.5) is 13.2 Å². The number of hydrogen-bond acceptors (Lipinski definition) is 5. The summed E-state index contributed by atoms with van der Waals surface area (Å²) in [5.41, 5.74) is 0.263. The highest BCUT2D eigenvalue weighted by Gasteiger charge is 2.43. The zero-order valence-electron chi connectivity index (χ0n) is 23.2. The van der Waals surface area contributed by atoms with Crippen LogP contribution in [0.2, 0.25) is 0 Å². The number of rotatable bonds is 13. The van der Waals surface area contributed by atoms with Crippen molar-refractivity contribution in [3.63, 3.8) is 0 Å². The zero-order valence-corrected chi connectivity index (χ0v) is 23.2. The van der Waals surface area contributed by atoms with Gasteiger partial charge in [0.2, 0.25) is 12.3 Å². The Morgan fingerprint density at radius 3 is 2.66 bits per heavy atom. The maximum Gasteiger partial charge on any atom is 0.248 e. The van der Waals surface area contributed by atoms with Gasteiger partial charge in [0.05, 0.1) is 11.7 Å². The van der Waals surface area contributed by atoms with E-state index in [2.05, 4.69) is 10.6 Å². The quantitative estimate of drug-likeness (QED) is 0.216. The van der Waals surface area contributed by atoms with E-state index in [1.54, 1.807) is 10.8 Å². The van der Waals surface area contributed by atoms with Gasteiger partial charge < -0.3 is 25.2 Å². The lowest BCUT2D eigenvalue weighted by atomic mass is 9.79. The van der Waals surface area contributed by atoms with Gasteiger partial charge in [0.1, 0.15) is 30.2 Å². The molecule has 220 valence electrons. The summed E-state index contributed by atoms with van der Waals surface area (Å²) in [6.45, 7) is 4.10. The van der Waals surface area contributed by atoms with Gasteiger partial charge >= 0.3 is 0 Å². The number of aliphatic hydroxyl groups excluding tert-OH is 1. The molecule has 1 fully saturated rings. The Balaban J connectivity index is 1.90. The standard InChI is InChI=1S/C30H36F3N5O3/c1-30(2,10-11-34-19-40)28(38(27(41)18-39)16-21-13-35-14-25(21)33)29-36-26(23-12-22(31)8-9-24(23)32)17-37(29)15-20-6-4-3-5-7-20/h3-9,12,17,19,21,25,28,35,39H,10-11,13-16,18H2,1-2H3,(H,34,40). The summed E-state index contributed by atoms with van der Waals surface area (Å²) >= 11 is 0. The van der Waals surface area contributed by atoms with Gasteiger partial charge in [-0.05, 0) is 35.6 Å². The predicted molar refractivity (Wildman–Crippen MR) is 148 cm³/mol. The lowest BCUT2D eigenvalue weighted by molar-refractivity contribution is -0.141. The van der Waals surface area contributed by atoms with Crippen LogP contribution in [-0.2, 0) is 16.1 Å². The summed E-state index contributed by atoms with van der Waals surface area (Å²) in [6.07, 6.45) is 1.41. The van der Waals surface area contributed by atoms with Crippen molar-refractivity contribution in [1.29, 1.82) is 0 Å². The maximum absolute atomic E-state index is 14.9. The van der Waals surface area contributed by atoms with Crippen molar-refractivity contribution >= 4 is 12.3 Å². The normalized spacial score (nSPS) is 17.8. The van der Waals surface area contributed by atoms with Gasteiger partial charge in [0.15, 0.2) is 0 Å². The van der Waals surface area contributed by atoms with Crippen molar-refractivity contribution in [2.75, 3.05) is 32.8 Å². The first kappa shape index (κ1) is 30.3. The number of alkyl halides is 1. The van der Waals surface area contributed by atoms with Crippen LogP contribution in [0.3, 0.4) is 0 Å². The molecule has 1 aromatic heterocycles. The topological polar surface area (TPSA) is 99.5 Å². The highest BCUT2D eigenvalue weighted by molar-refractivity contribution is 5.78. The van der Waals surface area contributed by atoms with E-state index in [4.69, 9.17) is 4.98 Å². The minimum absolute atomic E-state index is 0.00459. The monoisotopic (exact) mass is 571 g/mol. The molecular weight excluding hydrogens is 535 g/mol. The third kappa shape index (κ3) is 7.15. The largest absolute Gasteiger partial charge is 0.387 e. The summed E-state index contributed by atoms with van der Waals surface area (Å²) < 4.78 is 45.7. The molecule has 0 spiro atoms. The summed E-state index contributed by atoms with van der Waals surface area (Å²) in [7, 11) is 0. The molecule has 3 N–H and O–H groups in total. The number of halogens is 3. The molecule has 3 atom stereocenters. The molecule has 0 saturated carbocycles. The molecular formula is C30H36F3N5O3. The fourth-order valence-electron chi connectivity index (χ4n) is 5.45. The lowest BCUT2D eigenvalue weighted by Gasteiger charge is -2.43. The van der Waals surface area contributed by atoms with Gasteiger partial charge in [-0.25, -0.2) is 18.2 Å². The highest BCUT2D eigenvalue weighted by atomic mass is 19.1. The molecule has 2 amide bonds. The molecule has 4 rings (SSSR count). The van der Waals surface area contributed by atoms with Gasteiger partial charge in [-0.15, -0.1) is 0 Å². The molecule has 1 aliphatic heterocycles. The molecule has 41 heavy (non-hydrogen) atoms. The number of hydrogen-bond donors (Lipinski definition) is 3. The van der Waals surface area contributed by atoms with Crippen LogP contribution >= 0.6 is 0 Å². The number of carbonyl (C=O) groups is 2. The third-order valence-electron chi connectivity index (χ3n) is 7.65. The third-order valence-corrected chi connectivity index (χ3v) is 7.65. The molecule has 0 aliphatic carbocycles. The number of imidazole rings is 1. The number of nitrogens with one attached hydrogen (secondary N) is 2. The Morgan fingerprint density at radius 1 is 1.24 bits per heavy atom. The number of benzene rings is 2. The molecule has 0 bridgehead atoms. The number of aliphatic hydroxyl groups is 1. The Bertz CT molecular complexity index is 1330. The smallest absolute Gasteiger partial charge is 0.248 e. The number of amides is 2. The average molecular weight is 572 g/mol. The van der Waals surface area contributed by atoms with Crippen LogP contribution in [0.1, 0.15) is 37.7 Å². The van der Waals surface area contributed by atoms with E-state index in [0.717, 1.165) is 23.8 Å². The molecule has 3 aromatic rings. The Hall–Kier alpha value is -3.70. The summed E-state index contributed by atoms with van der Waals surface area (Å²) in [5, 5.41) is 15.7. The first-order valence-corrected chi connectivity index (χ1v) is 13.6. The Morgan fingerprint density at radius 2 is 2.00 bits per heavy atom. The van der Waals surface area contributed by atoms with E-state index in [0.29, 0.717) is 31.7 Å². The van der Waals surface area contributed by atoms with Crippen molar-refractivity contribution in [2.24, 2.45) is 11.3 Å². The van der Waals surface area contributed by atoms with Crippen LogP contribution < -0.4 is 10.6 Å². The second-order valence-corrected chi connectivity index (χ2v) is 11.1. The van der Waals surface area contributed by atoms with E-state index in [9.17, 15) is 27.9 Å². The van der Waals surface area contributed by atoms with Gasteiger partial charge in [0.25, 0.3) is 0 Å². The molecule has 2 aromatic carbocycles. The van der Waals surface area contributed by atoms with Crippen molar-refractivity contribution in [2.45, 2.75) is 39.0 Å². The molecule has 1 aliphatic rings. The Kier molecular flexibility index (Phi) is 9.82. The van der Waals surface area contributed by atoms with Gasteiger partial charge in [0, 0.05) is 50.4 Å². The van der Waals surface area contributed by atoms with Gasteiger partial charge in [-0.2, -0.15) is 0 Å². The molecule has 2 heterocycles. The van der Waals surface area contributed by atoms with Crippen molar-refractivity contribution in [3.05, 3.63) is 77.8 Å². The first-order valence-electron chi connectivity index (χ1n) is 13.6. The van der Waals surface area contributed by atoms with Crippen molar-refractivity contribution < 1.29 is 27.9 Å². The highest BCUT2D eigenvalue weighted by Crippen LogP contribution is 2.42. The molecule has 11 heteroatoms. The summed E-state index contributed by atoms with van der Waals surface area (Å²) in [6, 6.07) is 11.8. The molecule has 1 saturated heterocycles. The van der Waals surface area contributed by atoms with Crippen molar-refractivity contribution in [1.82, 2.24) is 25.1 Å². The summed E-state index contributed by atoms with van der Waals surface area (Å²) in [5.74, 6) is -2.05. The predicted octanol–water partition coefficient (Wildman–Crippen LogP) is 3.46. The fourth-order valence-corrected chi connectivity index (χ4v) is 5.45. The van der Waals surface area contributed by atoms with Gasteiger partial charge in [-0.1, -0.05) is 44.2 Å².